The lowest BCUT2D eigenvalue weighted by Crippen LogP contribution is -2.47. The van der Waals surface area contributed by atoms with E-state index in [4.69, 9.17) is 9.47 Å². The quantitative estimate of drug-likeness (QED) is 0.722. The third kappa shape index (κ3) is 2.98. The number of ether oxygens (including phenoxy) is 2. The van der Waals surface area contributed by atoms with Gasteiger partial charge < -0.3 is 24.6 Å². The topological polar surface area (TPSA) is 88.2 Å². The van der Waals surface area contributed by atoms with Crippen molar-refractivity contribution < 1.29 is 23.9 Å². The Morgan fingerprint density at radius 3 is 3.03 bits per heavy atom. The van der Waals surface area contributed by atoms with Crippen LogP contribution in [-0.4, -0.2) is 72.5 Å². The molecule has 1 spiro atoms. The number of carbonyl (C=O) groups is 3. The van der Waals surface area contributed by atoms with E-state index >= 15 is 0 Å². The summed E-state index contributed by atoms with van der Waals surface area (Å²) in [5.41, 5.74) is 0.235. The first-order valence-electron chi connectivity index (χ1n) is 10.4. The minimum absolute atomic E-state index is 0.0488. The molecule has 2 bridgehead atoms. The second-order valence-electron chi connectivity index (χ2n) is 8.37. The maximum atomic E-state index is 13.4. The highest BCUT2D eigenvalue weighted by molar-refractivity contribution is 5.93. The Morgan fingerprint density at radius 2 is 2.20 bits per heavy atom. The average molecular weight is 411 g/mol. The molecule has 3 amide bonds. The van der Waals surface area contributed by atoms with Gasteiger partial charge >= 0.3 is 0 Å². The number of fused-ring (bicyclic) bond motifs is 1. The van der Waals surface area contributed by atoms with E-state index < -0.39 is 17.4 Å². The van der Waals surface area contributed by atoms with E-state index in [2.05, 4.69) is 5.32 Å². The Balaban J connectivity index is 1.37. The fraction of sp³-hybridized carbons (Fsp3) is 0.500. The Kier molecular flexibility index (Phi) is 4.54. The van der Waals surface area contributed by atoms with Crippen molar-refractivity contribution in [2.75, 3.05) is 33.3 Å². The van der Waals surface area contributed by atoms with Crippen molar-refractivity contribution >= 4 is 17.7 Å². The summed E-state index contributed by atoms with van der Waals surface area (Å²) in [4.78, 5) is 41.9. The lowest BCUT2D eigenvalue weighted by Gasteiger charge is -2.29. The summed E-state index contributed by atoms with van der Waals surface area (Å²) in [6, 6.07) is 7.64. The highest BCUT2D eigenvalue weighted by Gasteiger charge is 2.67. The zero-order valence-electron chi connectivity index (χ0n) is 16.9. The van der Waals surface area contributed by atoms with Crippen LogP contribution in [0.2, 0.25) is 0 Å². The number of hydrogen-bond donors (Lipinski definition) is 1. The van der Waals surface area contributed by atoms with Gasteiger partial charge in [0.15, 0.2) is 0 Å². The van der Waals surface area contributed by atoms with Gasteiger partial charge in [-0.15, -0.1) is 0 Å². The van der Waals surface area contributed by atoms with Crippen LogP contribution in [0.4, 0.5) is 0 Å². The van der Waals surface area contributed by atoms with Crippen LogP contribution in [0.25, 0.3) is 0 Å². The maximum Gasteiger partial charge on any atom is 0.230 e. The smallest absolute Gasteiger partial charge is 0.230 e. The lowest BCUT2D eigenvalue weighted by molar-refractivity contribution is -0.143. The second kappa shape index (κ2) is 7.12. The zero-order valence-corrected chi connectivity index (χ0v) is 16.9. The molecule has 3 saturated heterocycles. The van der Waals surface area contributed by atoms with Gasteiger partial charge in [-0.3, -0.25) is 14.4 Å². The van der Waals surface area contributed by atoms with Crippen LogP contribution in [0.15, 0.2) is 36.4 Å². The first-order valence-corrected chi connectivity index (χ1v) is 10.4. The highest BCUT2D eigenvalue weighted by atomic mass is 16.5. The summed E-state index contributed by atoms with van der Waals surface area (Å²) in [6.07, 6.45) is 3.79. The normalized spacial score (nSPS) is 32.2. The molecular formula is C22H25N3O5. The van der Waals surface area contributed by atoms with E-state index in [-0.39, 0.29) is 30.2 Å². The summed E-state index contributed by atoms with van der Waals surface area (Å²) in [5, 5.41) is 2.79. The van der Waals surface area contributed by atoms with Crippen molar-refractivity contribution in [1.29, 1.82) is 0 Å². The number of benzene rings is 1. The molecule has 5 rings (SSSR count). The molecule has 3 fully saturated rings. The van der Waals surface area contributed by atoms with E-state index in [0.29, 0.717) is 32.7 Å². The monoisotopic (exact) mass is 411 g/mol. The average Bonchev–Trinajstić information content (AvgIpc) is 3.32. The number of amides is 3. The van der Waals surface area contributed by atoms with Crippen molar-refractivity contribution in [3.05, 3.63) is 42.0 Å². The van der Waals surface area contributed by atoms with Gasteiger partial charge in [-0.25, -0.2) is 0 Å². The third-order valence-electron chi connectivity index (χ3n) is 6.60. The van der Waals surface area contributed by atoms with Gasteiger partial charge in [0.2, 0.25) is 17.7 Å². The Morgan fingerprint density at radius 1 is 1.33 bits per heavy atom. The van der Waals surface area contributed by atoms with Crippen molar-refractivity contribution in [3.8, 4) is 5.75 Å². The van der Waals surface area contributed by atoms with Crippen molar-refractivity contribution in [2.24, 2.45) is 11.8 Å². The van der Waals surface area contributed by atoms with Gasteiger partial charge in [-0.1, -0.05) is 24.3 Å². The van der Waals surface area contributed by atoms with Crippen molar-refractivity contribution in [3.63, 3.8) is 0 Å². The molecule has 0 radical (unpaired) electrons. The first kappa shape index (κ1) is 19.1. The molecule has 4 atom stereocenters. The molecule has 1 aromatic rings. The molecular weight excluding hydrogens is 386 g/mol. The van der Waals surface area contributed by atoms with Crippen LogP contribution in [0.5, 0.6) is 5.75 Å². The number of carbonyl (C=O) groups excluding carboxylic acids is 3. The molecule has 1 N–H and O–H groups in total. The molecule has 8 heteroatoms. The Hall–Kier alpha value is -2.87. The number of likely N-dealkylation sites (tertiary alicyclic amines) is 1. The van der Waals surface area contributed by atoms with Crippen LogP contribution in [-0.2, 0) is 25.7 Å². The summed E-state index contributed by atoms with van der Waals surface area (Å²) in [5.74, 6) is -0.501. The van der Waals surface area contributed by atoms with Crippen LogP contribution < -0.4 is 10.1 Å². The largest absolute Gasteiger partial charge is 0.497 e. The Bertz CT molecular complexity index is 931. The predicted octanol–water partition coefficient (Wildman–Crippen LogP) is 0.326. The molecule has 0 aromatic heterocycles. The van der Waals surface area contributed by atoms with Crippen LogP contribution in [0.3, 0.4) is 0 Å². The maximum absolute atomic E-state index is 13.4. The second-order valence-corrected chi connectivity index (χ2v) is 8.37. The first-order chi connectivity index (χ1) is 14.5. The van der Waals surface area contributed by atoms with E-state index in [1.54, 1.807) is 16.9 Å². The molecule has 4 aliphatic rings. The molecule has 158 valence electrons. The number of nitrogens with zero attached hydrogens (tertiary/aromatic N) is 2. The van der Waals surface area contributed by atoms with E-state index in [9.17, 15) is 14.4 Å². The molecule has 8 nitrogen and oxygen atoms in total. The van der Waals surface area contributed by atoms with Crippen LogP contribution >= 0.6 is 0 Å². The highest BCUT2D eigenvalue weighted by Crippen LogP contribution is 2.52. The van der Waals surface area contributed by atoms with Crippen LogP contribution in [0, 0.1) is 11.8 Å². The van der Waals surface area contributed by atoms with E-state index in [1.807, 2.05) is 36.4 Å². The number of hydrogen-bond acceptors (Lipinski definition) is 5. The summed E-state index contributed by atoms with van der Waals surface area (Å²) < 4.78 is 11.5. The van der Waals surface area contributed by atoms with Gasteiger partial charge in [0, 0.05) is 32.6 Å². The molecule has 4 aliphatic heterocycles. The third-order valence-corrected chi connectivity index (χ3v) is 6.60. The molecule has 1 aromatic carbocycles. The Labute approximate surface area is 174 Å². The molecule has 0 saturated carbocycles. The van der Waals surface area contributed by atoms with E-state index in [0.717, 1.165) is 11.3 Å². The molecule has 4 heterocycles. The summed E-state index contributed by atoms with van der Waals surface area (Å²) >= 11 is 0. The van der Waals surface area contributed by atoms with Crippen molar-refractivity contribution in [1.82, 2.24) is 15.1 Å². The lowest BCUT2D eigenvalue weighted by atomic mass is 9.76. The fourth-order valence-electron chi connectivity index (χ4n) is 5.18. The van der Waals surface area contributed by atoms with Gasteiger partial charge in [0.05, 0.1) is 31.6 Å². The number of rotatable bonds is 4. The number of nitrogens with one attached hydrogen (secondary N) is 1. The summed E-state index contributed by atoms with van der Waals surface area (Å²) in [7, 11) is 1.61. The molecule has 2 unspecified atom stereocenters. The summed E-state index contributed by atoms with van der Waals surface area (Å²) in [6.45, 7) is 2.14. The minimum atomic E-state index is -0.735. The fourth-order valence-corrected chi connectivity index (χ4v) is 5.18. The standard InChI is InChI=1S/C22H25N3O5/c1-29-15-4-2-3-14(11-15)12-25-13-22-7-5-16(30-22)18(19(22)21(25)28)20(27)24-9-6-17(26)23-8-10-24/h2-5,7,11,16,18-19H,6,8-10,12-13H2,1H3,(H,23,26)/t16-,18?,19?,22-/m0/s1. The number of methoxy groups -OCH3 is 1. The van der Waals surface area contributed by atoms with Gasteiger partial charge in [0.25, 0.3) is 0 Å². The zero-order chi connectivity index (χ0) is 20.9. The van der Waals surface area contributed by atoms with Gasteiger partial charge in [0.1, 0.15) is 11.4 Å². The van der Waals surface area contributed by atoms with E-state index in [1.165, 1.54) is 0 Å². The van der Waals surface area contributed by atoms with Gasteiger partial charge in [-0.05, 0) is 17.7 Å². The predicted molar refractivity (Wildman–Crippen MR) is 106 cm³/mol. The minimum Gasteiger partial charge on any atom is -0.497 e. The van der Waals surface area contributed by atoms with Crippen LogP contribution in [0.1, 0.15) is 12.0 Å². The van der Waals surface area contributed by atoms with Gasteiger partial charge in [-0.2, -0.15) is 0 Å². The SMILES string of the molecule is COc1cccc(CN2C[C@]34C=C[C@H](O3)C(C(=O)N3CCNC(=O)CC3)C4C2=O)c1. The van der Waals surface area contributed by atoms with Crippen molar-refractivity contribution in [2.45, 2.75) is 24.7 Å². The molecule has 30 heavy (non-hydrogen) atoms. The molecule has 0 aliphatic carbocycles.